The molecule has 5 N–H and O–H groups in total. The SMILES string of the molecule is CC(C)CCC(C(=O)C(C)(C)C)C(O)C(N)C(N)c1ccccc1. The highest BCUT2D eigenvalue weighted by Gasteiger charge is 2.38. The van der Waals surface area contributed by atoms with E-state index in [1.165, 1.54) is 0 Å². The Hall–Kier alpha value is -1.23. The molecule has 0 aromatic heterocycles. The minimum atomic E-state index is -0.953. The van der Waals surface area contributed by atoms with E-state index >= 15 is 0 Å². The normalized spacial score (nSPS) is 17.4. The van der Waals surface area contributed by atoms with Crippen LogP contribution in [0.1, 0.15) is 59.1 Å². The van der Waals surface area contributed by atoms with Crippen LogP contribution in [0.2, 0.25) is 0 Å². The highest BCUT2D eigenvalue weighted by atomic mass is 16.3. The van der Waals surface area contributed by atoms with E-state index in [1.807, 2.05) is 51.1 Å². The first-order chi connectivity index (χ1) is 11.1. The van der Waals surface area contributed by atoms with Crippen LogP contribution in [-0.2, 0) is 4.79 Å². The monoisotopic (exact) mass is 334 g/mol. The van der Waals surface area contributed by atoms with Crippen LogP contribution in [0, 0.1) is 17.3 Å². The standard InChI is InChI=1S/C20H34N2O2/c1-13(2)11-12-15(19(24)20(3,4)5)18(23)17(22)16(21)14-9-7-6-8-10-14/h6-10,13,15-18,23H,11-12,21-22H2,1-5H3. The second-order valence-corrected chi connectivity index (χ2v) is 8.20. The van der Waals surface area contributed by atoms with E-state index < -0.39 is 29.5 Å². The molecule has 4 heteroatoms. The van der Waals surface area contributed by atoms with Crippen LogP contribution < -0.4 is 11.5 Å². The number of aliphatic hydroxyl groups is 1. The molecule has 4 unspecified atom stereocenters. The maximum atomic E-state index is 12.8. The summed E-state index contributed by atoms with van der Waals surface area (Å²) in [6.07, 6.45) is 0.548. The maximum Gasteiger partial charge on any atom is 0.143 e. The quantitative estimate of drug-likeness (QED) is 0.681. The molecule has 1 aromatic rings. The van der Waals surface area contributed by atoms with Crippen molar-refractivity contribution in [3.63, 3.8) is 0 Å². The van der Waals surface area contributed by atoms with Gasteiger partial charge in [-0.2, -0.15) is 0 Å². The zero-order valence-electron chi connectivity index (χ0n) is 15.7. The van der Waals surface area contributed by atoms with Gasteiger partial charge in [0.05, 0.1) is 12.1 Å². The van der Waals surface area contributed by atoms with Gasteiger partial charge in [-0.25, -0.2) is 0 Å². The number of rotatable bonds is 8. The molecule has 1 rings (SSSR count). The average Bonchev–Trinajstić information content (AvgIpc) is 2.52. The predicted octanol–water partition coefficient (Wildman–Crippen LogP) is 3.04. The number of aliphatic hydroxyl groups excluding tert-OH is 1. The summed E-state index contributed by atoms with van der Waals surface area (Å²) in [5.74, 6) is 0.0232. The van der Waals surface area contributed by atoms with Gasteiger partial charge in [0.25, 0.3) is 0 Å². The van der Waals surface area contributed by atoms with E-state index in [2.05, 4.69) is 13.8 Å². The zero-order chi connectivity index (χ0) is 18.5. The number of hydrogen-bond donors (Lipinski definition) is 3. The second kappa shape index (κ2) is 8.75. The summed E-state index contributed by atoms with van der Waals surface area (Å²) in [4.78, 5) is 12.8. The minimum absolute atomic E-state index is 0.0476. The fourth-order valence-electron chi connectivity index (χ4n) is 2.90. The third kappa shape index (κ3) is 5.69. The van der Waals surface area contributed by atoms with E-state index in [9.17, 15) is 9.90 Å². The molecule has 1 aromatic carbocycles. The third-order valence-electron chi connectivity index (χ3n) is 4.54. The molecule has 0 amide bonds. The van der Waals surface area contributed by atoms with E-state index in [4.69, 9.17) is 11.5 Å². The maximum absolute atomic E-state index is 12.8. The van der Waals surface area contributed by atoms with E-state index in [-0.39, 0.29) is 5.78 Å². The van der Waals surface area contributed by atoms with Crippen LogP contribution in [-0.4, -0.2) is 23.0 Å². The Kier molecular flexibility index (Phi) is 7.58. The van der Waals surface area contributed by atoms with Gasteiger partial charge in [0, 0.05) is 17.4 Å². The third-order valence-corrected chi connectivity index (χ3v) is 4.54. The van der Waals surface area contributed by atoms with Gasteiger partial charge in [-0.1, -0.05) is 71.4 Å². The van der Waals surface area contributed by atoms with Crippen molar-refractivity contribution in [2.75, 3.05) is 0 Å². The van der Waals surface area contributed by atoms with Crippen molar-refractivity contribution in [3.05, 3.63) is 35.9 Å². The Bertz CT molecular complexity index is 508. The van der Waals surface area contributed by atoms with Crippen LogP contribution in [0.25, 0.3) is 0 Å². The molecule has 0 saturated heterocycles. The Morgan fingerprint density at radius 1 is 1.08 bits per heavy atom. The highest BCUT2D eigenvalue weighted by molar-refractivity contribution is 5.86. The van der Waals surface area contributed by atoms with Gasteiger partial charge in [-0.15, -0.1) is 0 Å². The smallest absolute Gasteiger partial charge is 0.143 e. The number of carbonyl (C=O) groups is 1. The molecular formula is C20H34N2O2. The van der Waals surface area contributed by atoms with E-state index in [1.54, 1.807) is 0 Å². The fourth-order valence-corrected chi connectivity index (χ4v) is 2.90. The van der Waals surface area contributed by atoms with Crippen molar-refractivity contribution in [2.24, 2.45) is 28.7 Å². The summed E-state index contributed by atoms with van der Waals surface area (Å²) >= 11 is 0. The van der Waals surface area contributed by atoms with Gasteiger partial charge in [0.15, 0.2) is 0 Å². The zero-order valence-corrected chi connectivity index (χ0v) is 15.7. The van der Waals surface area contributed by atoms with Crippen LogP contribution in [0.4, 0.5) is 0 Å². The molecule has 0 bridgehead atoms. The van der Waals surface area contributed by atoms with Crippen LogP contribution in [0.15, 0.2) is 30.3 Å². The Balaban J connectivity index is 2.96. The molecule has 0 spiro atoms. The molecule has 4 atom stereocenters. The van der Waals surface area contributed by atoms with Crippen molar-refractivity contribution < 1.29 is 9.90 Å². The Morgan fingerprint density at radius 2 is 1.62 bits per heavy atom. The number of ketones is 1. The molecular weight excluding hydrogens is 300 g/mol. The summed E-state index contributed by atoms with van der Waals surface area (Å²) in [6.45, 7) is 9.87. The first-order valence-corrected chi connectivity index (χ1v) is 8.84. The fraction of sp³-hybridized carbons (Fsp3) is 0.650. The molecule has 0 radical (unpaired) electrons. The molecule has 4 nitrogen and oxygen atoms in total. The van der Waals surface area contributed by atoms with Crippen molar-refractivity contribution in [1.29, 1.82) is 0 Å². The van der Waals surface area contributed by atoms with Crippen molar-refractivity contribution in [3.8, 4) is 0 Å². The lowest BCUT2D eigenvalue weighted by molar-refractivity contribution is -0.135. The lowest BCUT2D eigenvalue weighted by Crippen LogP contribution is -2.50. The molecule has 24 heavy (non-hydrogen) atoms. The number of benzene rings is 1. The number of Topliss-reactive ketones (excluding diaryl/α,β-unsaturated/α-hetero) is 1. The summed E-state index contributed by atoms with van der Waals surface area (Å²) < 4.78 is 0. The lowest BCUT2D eigenvalue weighted by atomic mass is 9.75. The molecule has 0 aliphatic heterocycles. The first kappa shape index (κ1) is 20.8. The van der Waals surface area contributed by atoms with Gasteiger partial charge >= 0.3 is 0 Å². The second-order valence-electron chi connectivity index (χ2n) is 8.20. The molecule has 0 aliphatic rings. The number of carbonyl (C=O) groups excluding carboxylic acids is 1. The predicted molar refractivity (Wildman–Crippen MR) is 99.4 cm³/mol. The number of hydrogen-bond acceptors (Lipinski definition) is 4. The van der Waals surface area contributed by atoms with E-state index in [0.29, 0.717) is 12.3 Å². The van der Waals surface area contributed by atoms with Gasteiger partial charge in [-0.3, -0.25) is 4.79 Å². The summed E-state index contributed by atoms with van der Waals surface area (Å²) in [7, 11) is 0. The van der Waals surface area contributed by atoms with Gasteiger partial charge in [0.2, 0.25) is 0 Å². The topological polar surface area (TPSA) is 89.3 Å². The van der Waals surface area contributed by atoms with Crippen LogP contribution in [0.5, 0.6) is 0 Å². The Morgan fingerprint density at radius 3 is 2.08 bits per heavy atom. The Labute approximate surface area is 146 Å². The van der Waals surface area contributed by atoms with Crippen molar-refractivity contribution in [1.82, 2.24) is 0 Å². The highest BCUT2D eigenvalue weighted by Crippen LogP contribution is 2.30. The van der Waals surface area contributed by atoms with E-state index in [0.717, 1.165) is 12.0 Å². The first-order valence-electron chi connectivity index (χ1n) is 8.84. The molecule has 0 fully saturated rings. The summed E-state index contributed by atoms with van der Waals surface area (Å²) in [5, 5.41) is 10.8. The molecule has 0 heterocycles. The minimum Gasteiger partial charge on any atom is -0.391 e. The summed E-state index contributed by atoms with van der Waals surface area (Å²) in [5.41, 5.74) is 12.9. The van der Waals surface area contributed by atoms with Gasteiger partial charge in [0.1, 0.15) is 5.78 Å². The van der Waals surface area contributed by atoms with Gasteiger partial charge in [-0.05, 0) is 17.9 Å². The largest absolute Gasteiger partial charge is 0.391 e. The molecule has 0 aliphatic carbocycles. The van der Waals surface area contributed by atoms with Crippen LogP contribution >= 0.6 is 0 Å². The molecule has 136 valence electrons. The summed E-state index contributed by atoms with van der Waals surface area (Å²) in [6, 6.07) is 8.30. The van der Waals surface area contributed by atoms with Gasteiger partial charge < -0.3 is 16.6 Å². The van der Waals surface area contributed by atoms with Crippen molar-refractivity contribution >= 4 is 5.78 Å². The van der Waals surface area contributed by atoms with Crippen molar-refractivity contribution in [2.45, 2.75) is 65.6 Å². The van der Waals surface area contributed by atoms with Crippen LogP contribution in [0.3, 0.4) is 0 Å². The molecule has 0 saturated carbocycles. The number of nitrogens with two attached hydrogens (primary N) is 2. The average molecular weight is 335 g/mol. The lowest BCUT2D eigenvalue weighted by Gasteiger charge is -2.34.